The third-order valence-corrected chi connectivity index (χ3v) is 2.23. The van der Waals surface area contributed by atoms with E-state index in [1.807, 2.05) is 0 Å². The van der Waals surface area contributed by atoms with Gasteiger partial charge in [-0.05, 0) is 23.8 Å². The number of halogens is 1. The molecule has 0 aliphatic rings. The number of hydrogen-bond donors (Lipinski definition) is 2. The zero-order valence-electron chi connectivity index (χ0n) is 8.53. The molecule has 88 valence electrons. The van der Waals surface area contributed by atoms with Crippen molar-refractivity contribution in [1.82, 2.24) is 10.3 Å². The van der Waals surface area contributed by atoms with Gasteiger partial charge in [0.05, 0.1) is 0 Å². The Morgan fingerprint density at radius 3 is 2.81 bits per heavy atom. The van der Waals surface area contributed by atoms with Gasteiger partial charge >= 0.3 is 5.82 Å². The Bertz CT molecular complexity index is 378. The van der Waals surface area contributed by atoms with Crippen LogP contribution in [-0.4, -0.2) is 28.2 Å². The van der Waals surface area contributed by atoms with Crippen LogP contribution in [0.4, 0.5) is 5.82 Å². The molecule has 1 aromatic heterocycles. The molecule has 0 atom stereocenters. The van der Waals surface area contributed by atoms with E-state index in [1.165, 1.54) is 12.1 Å². The van der Waals surface area contributed by atoms with E-state index in [1.54, 1.807) is 0 Å². The standard InChI is InChI=1S/C9H12ClN3O3/c10-5-1-2-6-11-9(14)7-3-4-8(12-7)13(15)16/h3-4,12H,1-2,5-6H2,(H,11,14). The minimum Gasteiger partial charge on any atom is -0.358 e. The van der Waals surface area contributed by atoms with Crippen molar-refractivity contribution < 1.29 is 9.72 Å². The van der Waals surface area contributed by atoms with Crippen molar-refractivity contribution in [2.45, 2.75) is 12.8 Å². The van der Waals surface area contributed by atoms with Crippen LogP contribution in [0.1, 0.15) is 23.3 Å². The van der Waals surface area contributed by atoms with Crippen molar-refractivity contribution in [2.75, 3.05) is 12.4 Å². The van der Waals surface area contributed by atoms with Crippen molar-refractivity contribution in [2.24, 2.45) is 0 Å². The van der Waals surface area contributed by atoms with Crippen molar-refractivity contribution >= 4 is 23.3 Å². The molecular formula is C9H12ClN3O3. The summed E-state index contributed by atoms with van der Waals surface area (Å²) >= 11 is 5.48. The molecule has 0 bridgehead atoms. The molecule has 0 aliphatic heterocycles. The van der Waals surface area contributed by atoms with E-state index < -0.39 is 4.92 Å². The van der Waals surface area contributed by atoms with Gasteiger partial charge in [-0.15, -0.1) is 11.6 Å². The molecule has 1 heterocycles. The average molecular weight is 246 g/mol. The third kappa shape index (κ3) is 3.54. The van der Waals surface area contributed by atoms with Gasteiger partial charge < -0.3 is 15.4 Å². The van der Waals surface area contributed by atoms with Gasteiger partial charge in [0.1, 0.15) is 0 Å². The second-order valence-corrected chi connectivity index (χ2v) is 3.54. The van der Waals surface area contributed by atoms with Gasteiger partial charge in [-0.3, -0.25) is 4.79 Å². The highest BCUT2D eigenvalue weighted by Gasteiger charge is 2.14. The number of nitrogens with zero attached hydrogens (tertiary/aromatic N) is 1. The molecule has 0 spiro atoms. The topological polar surface area (TPSA) is 88.0 Å². The SMILES string of the molecule is O=C(NCCCCCl)c1ccc([N+](=O)[O-])[nH]1. The Kier molecular flexibility index (Phi) is 4.78. The minimum atomic E-state index is -0.579. The molecule has 6 nitrogen and oxygen atoms in total. The molecule has 1 rings (SSSR count). The molecular weight excluding hydrogens is 234 g/mol. The predicted octanol–water partition coefficient (Wildman–Crippen LogP) is 1.67. The fourth-order valence-electron chi connectivity index (χ4n) is 1.14. The van der Waals surface area contributed by atoms with E-state index >= 15 is 0 Å². The first-order valence-electron chi connectivity index (χ1n) is 4.82. The van der Waals surface area contributed by atoms with Gasteiger partial charge in [-0.25, -0.2) is 4.98 Å². The monoisotopic (exact) mass is 245 g/mol. The molecule has 0 radical (unpaired) electrons. The van der Waals surface area contributed by atoms with Crippen molar-refractivity contribution in [3.05, 3.63) is 27.9 Å². The molecule has 0 saturated carbocycles. The quantitative estimate of drug-likeness (QED) is 0.346. The van der Waals surface area contributed by atoms with Crippen LogP contribution in [-0.2, 0) is 0 Å². The van der Waals surface area contributed by atoms with Gasteiger partial charge in [-0.2, -0.15) is 0 Å². The van der Waals surface area contributed by atoms with Crippen molar-refractivity contribution in [3.63, 3.8) is 0 Å². The fourth-order valence-corrected chi connectivity index (χ4v) is 1.33. The largest absolute Gasteiger partial charge is 0.358 e. The molecule has 7 heteroatoms. The van der Waals surface area contributed by atoms with Gasteiger partial charge in [0.2, 0.25) is 0 Å². The number of nitro groups is 1. The Morgan fingerprint density at radius 2 is 2.25 bits per heavy atom. The van der Waals surface area contributed by atoms with Crippen LogP contribution in [0.3, 0.4) is 0 Å². The summed E-state index contributed by atoms with van der Waals surface area (Å²) in [6.45, 7) is 0.512. The van der Waals surface area contributed by atoms with E-state index in [0.29, 0.717) is 12.4 Å². The lowest BCUT2D eigenvalue weighted by atomic mass is 10.3. The van der Waals surface area contributed by atoms with Crippen molar-refractivity contribution in [3.8, 4) is 0 Å². The van der Waals surface area contributed by atoms with Crippen LogP contribution in [0.25, 0.3) is 0 Å². The van der Waals surface area contributed by atoms with Crippen LogP contribution in [0.2, 0.25) is 0 Å². The molecule has 0 saturated heterocycles. The maximum absolute atomic E-state index is 11.4. The summed E-state index contributed by atoms with van der Waals surface area (Å²) in [5.41, 5.74) is 0.192. The van der Waals surface area contributed by atoms with E-state index in [-0.39, 0.29) is 17.4 Å². The number of unbranched alkanes of at least 4 members (excludes halogenated alkanes) is 1. The first kappa shape index (κ1) is 12.5. The number of rotatable bonds is 6. The maximum Gasteiger partial charge on any atom is 0.321 e. The summed E-state index contributed by atoms with van der Waals surface area (Å²) in [7, 11) is 0. The summed E-state index contributed by atoms with van der Waals surface area (Å²) in [5, 5.41) is 13.0. The number of nitrogens with one attached hydrogen (secondary N) is 2. The number of amides is 1. The Labute approximate surface area is 97.1 Å². The third-order valence-electron chi connectivity index (χ3n) is 1.96. The molecule has 1 aromatic rings. The number of hydrogen-bond acceptors (Lipinski definition) is 3. The van der Waals surface area contributed by atoms with Gasteiger partial charge in [0.25, 0.3) is 5.91 Å². The first-order chi connectivity index (χ1) is 7.65. The number of aromatic nitrogens is 1. The van der Waals surface area contributed by atoms with Crippen LogP contribution in [0.5, 0.6) is 0 Å². The van der Waals surface area contributed by atoms with E-state index in [9.17, 15) is 14.9 Å². The second kappa shape index (κ2) is 6.12. The number of alkyl halides is 1. The molecule has 0 aromatic carbocycles. The highest BCUT2D eigenvalue weighted by atomic mass is 35.5. The van der Waals surface area contributed by atoms with Crippen LogP contribution in [0.15, 0.2) is 12.1 Å². The van der Waals surface area contributed by atoms with Gasteiger partial charge in [0.15, 0.2) is 5.69 Å². The number of carbonyl (C=O) groups excluding carboxylic acids is 1. The van der Waals surface area contributed by atoms with E-state index in [2.05, 4.69) is 10.3 Å². The summed E-state index contributed by atoms with van der Waals surface area (Å²) in [6.07, 6.45) is 1.62. The van der Waals surface area contributed by atoms with E-state index in [4.69, 9.17) is 11.6 Å². The smallest absolute Gasteiger partial charge is 0.321 e. The summed E-state index contributed by atoms with van der Waals surface area (Å²) < 4.78 is 0. The zero-order valence-corrected chi connectivity index (χ0v) is 9.29. The molecule has 0 fully saturated rings. The average Bonchev–Trinajstić information content (AvgIpc) is 2.73. The van der Waals surface area contributed by atoms with Gasteiger partial charge in [0, 0.05) is 18.5 Å². The Morgan fingerprint density at radius 1 is 1.50 bits per heavy atom. The number of H-pyrrole nitrogens is 1. The predicted molar refractivity (Wildman–Crippen MR) is 59.7 cm³/mol. The summed E-state index contributed by atoms with van der Waals surface area (Å²) in [6, 6.07) is 2.64. The Hall–Kier alpha value is -1.56. The molecule has 16 heavy (non-hydrogen) atoms. The molecule has 0 unspecified atom stereocenters. The maximum atomic E-state index is 11.4. The lowest BCUT2D eigenvalue weighted by molar-refractivity contribution is -0.389. The first-order valence-corrected chi connectivity index (χ1v) is 5.36. The molecule has 1 amide bonds. The van der Waals surface area contributed by atoms with Crippen molar-refractivity contribution in [1.29, 1.82) is 0 Å². The lowest BCUT2D eigenvalue weighted by Crippen LogP contribution is -2.24. The molecule has 2 N–H and O–H groups in total. The van der Waals surface area contributed by atoms with E-state index in [0.717, 1.165) is 12.8 Å². The van der Waals surface area contributed by atoms with Crippen LogP contribution >= 0.6 is 11.6 Å². The van der Waals surface area contributed by atoms with Crippen LogP contribution in [0, 0.1) is 10.1 Å². The fraction of sp³-hybridized carbons (Fsp3) is 0.444. The Balaban J connectivity index is 2.43. The van der Waals surface area contributed by atoms with Gasteiger partial charge in [-0.1, -0.05) is 0 Å². The number of carbonyl (C=O) groups is 1. The molecule has 0 aliphatic carbocycles. The summed E-state index contributed by atoms with van der Waals surface area (Å²) in [4.78, 5) is 23.6. The number of aromatic amines is 1. The second-order valence-electron chi connectivity index (χ2n) is 3.17. The lowest BCUT2D eigenvalue weighted by Gasteiger charge is -2.00. The minimum absolute atomic E-state index is 0.189. The summed E-state index contributed by atoms with van der Waals surface area (Å²) in [5.74, 6) is 0.0256. The van der Waals surface area contributed by atoms with Crippen LogP contribution < -0.4 is 5.32 Å². The highest BCUT2D eigenvalue weighted by Crippen LogP contribution is 2.09. The zero-order chi connectivity index (χ0) is 12.0. The highest BCUT2D eigenvalue weighted by molar-refractivity contribution is 6.17. The normalized spacial score (nSPS) is 10.1.